The van der Waals surface area contributed by atoms with Crippen LogP contribution in [0, 0.1) is 11.3 Å². The Labute approximate surface area is 165 Å². The number of hydrogen-bond acceptors (Lipinski definition) is 4. The van der Waals surface area contributed by atoms with Gasteiger partial charge < -0.3 is 15.0 Å². The maximum Gasteiger partial charge on any atom is 0.357 e. The lowest BCUT2D eigenvalue weighted by Crippen LogP contribution is -2.14. The molecule has 3 rings (SSSR count). The first kappa shape index (κ1) is 19.2. The lowest BCUT2D eigenvalue weighted by atomic mass is 9.85. The molecule has 0 spiro atoms. The highest BCUT2D eigenvalue weighted by Crippen LogP contribution is 2.35. The first-order valence-electron chi connectivity index (χ1n) is 8.97. The van der Waals surface area contributed by atoms with E-state index >= 15 is 0 Å². The molecule has 5 nitrogen and oxygen atoms in total. The molecule has 0 aliphatic heterocycles. The fourth-order valence-corrected chi connectivity index (χ4v) is 3.17. The van der Waals surface area contributed by atoms with Gasteiger partial charge in [0.15, 0.2) is 5.69 Å². The SMILES string of the molecule is COC(=O)c1c(N)c(C#N)cn1-c1ccc(C(C)(C)C)cc1-c1ccccc1. The third kappa shape index (κ3) is 3.37. The summed E-state index contributed by atoms with van der Waals surface area (Å²) in [6, 6.07) is 18.1. The molecule has 0 aliphatic carbocycles. The van der Waals surface area contributed by atoms with Gasteiger partial charge in [-0.25, -0.2) is 4.79 Å². The number of hydrogen-bond donors (Lipinski definition) is 1. The van der Waals surface area contributed by atoms with E-state index in [2.05, 4.69) is 26.8 Å². The lowest BCUT2D eigenvalue weighted by Gasteiger charge is -2.22. The number of methoxy groups -OCH3 is 1. The average molecular weight is 373 g/mol. The summed E-state index contributed by atoms with van der Waals surface area (Å²) in [5.41, 5.74) is 10.4. The number of benzene rings is 2. The third-order valence-corrected chi connectivity index (χ3v) is 4.75. The zero-order valence-electron chi connectivity index (χ0n) is 16.5. The van der Waals surface area contributed by atoms with E-state index in [9.17, 15) is 10.1 Å². The molecule has 0 bridgehead atoms. The zero-order chi connectivity index (χ0) is 20.5. The van der Waals surface area contributed by atoms with Crippen LogP contribution in [0.4, 0.5) is 5.69 Å². The molecule has 28 heavy (non-hydrogen) atoms. The summed E-state index contributed by atoms with van der Waals surface area (Å²) >= 11 is 0. The molecule has 0 fully saturated rings. The smallest absolute Gasteiger partial charge is 0.357 e. The van der Waals surface area contributed by atoms with Gasteiger partial charge in [-0.1, -0.05) is 57.2 Å². The van der Waals surface area contributed by atoms with Crippen LogP contribution in [0.15, 0.2) is 54.7 Å². The van der Waals surface area contributed by atoms with Gasteiger partial charge in [-0.15, -0.1) is 0 Å². The van der Waals surface area contributed by atoms with Gasteiger partial charge in [-0.05, 0) is 28.7 Å². The predicted molar refractivity (Wildman–Crippen MR) is 110 cm³/mol. The number of nitrogen functional groups attached to an aromatic ring is 1. The summed E-state index contributed by atoms with van der Waals surface area (Å²) in [5.74, 6) is -0.585. The minimum absolute atomic E-state index is 0.0409. The fraction of sp³-hybridized carbons (Fsp3) is 0.217. The van der Waals surface area contributed by atoms with Crippen molar-refractivity contribution in [3.63, 3.8) is 0 Å². The summed E-state index contributed by atoms with van der Waals surface area (Å²) in [5, 5.41) is 9.40. The number of carbonyl (C=O) groups is 1. The summed E-state index contributed by atoms with van der Waals surface area (Å²) in [7, 11) is 1.30. The molecule has 1 aromatic heterocycles. The minimum atomic E-state index is -0.585. The summed E-state index contributed by atoms with van der Waals surface area (Å²) < 4.78 is 6.56. The number of aromatic nitrogens is 1. The molecular weight excluding hydrogens is 350 g/mol. The highest BCUT2D eigenvalue weighted by molar-refractivity contribution is 5.96. The van der Waals surface area contributed by atoms with Crippen LogP contribution in [0.1, 0.15) is 42.4 Å². The molecule has 0 atom stereocenters. The highest BCUT2D eigenvalue weighted by Gasteiger charge is 2.24. The van der Waals surface area contributed by atoms with E-state index in [1.807, 2.05) is 48.5 Å². The maximum atomic E-state index is 12.4. The van der Waals surface area contributed by atoms with E-state index in [0.29, 0.717) is 0 Å². The van der Waals surface area contributed by atoms with Crippen LogP contribution >= 0.6 is 0 Å². The zero-order valence-corrected chi connectivity index (χ0v) is 16.5. The number of ether oxygens (including phenoxy) is 1. The van der Waals surface area contributed by atoms with Crippen molar-refractivity contribution in [1.82, 2.24) is 4.57 Å². The van der Waals surface area contributed by atoms with Gasteiger partial charge >= 0.3 is 5.97 Å². The average Bonchev–Trinajstić information content (AvgIpc) is 3.03. The van der Waals surface area contributed by atoms with Crippen LogP contribution in [-0.2, 0) is 10.2 Å². The van der Waals surface area contributed by atoms with Crippen molar-refractivity contribution in [1.29, 1.82) is 5.26 Å². The van der Waals surface area contributed by atoms with Crippen LogP contribution in [0.3, 0.4) is 0 Å². The van der Waals surface area contributed by atoms with Crippen molar-refractivity contribution in [2.24, 2.45) is 0 Å². The molecule has 0 unspecified atom stereocenters. The van der Waals surface area contributed by atoms with Crippen LogP contribution in [0.2, 0.25) is 0 Å². The Kier molecular flexibility index (Phi) is 4.98. The summed E-state index contributed by atoms with van der Waals surface area (Å²) in [4.78, 5) is 12.4. The Morgan fingerprint density at radius 3 is 2.39 bits per heavy atom. The minimum Gasteiger partial charge on any atom is -0.464 e. The number of anilines is 1. The van der Waals surface area contributed by atoms with Gasteiger partial charge in [0.25, 0.3) is 0 Å². The molecule has 0 aliphatic rings. The largest absolute Gasteiger partial charge is 0.464 e. The number of esters is 1. The fourth-order valence-electron chi connectivity index (χ4n) is 3.17. The normalized spacial score (nSPS) is 11.1. The molecule has 1 heterocycles. The van der Waals surface area contributed by atoms with E-state index in [-0.39, 0.29) is 22.4 Å². The summed E-state index contributed by atoms with van der Waals surface area (Å²) in [6.45, 7) is 6.45. The molecule has 2 aromatic carbocycles. The molecule has 5 heteroatoms. The monoisotopic (exact) mass is 373 g/mol. The molecule has 0 saturated heterocycles. The molecule has 3 aromatic rings. The van der Waals surface area contributed by atoms with Gasteiger partial charge in [0.2, 0.25) is 0 Å². The third-order valence-electron chi connectivity index (χ3n) is 4.75. The Bertz CT molecular complexity index is 1070. The maximum absolute atomic E-state index is 12.4. The van der Waals surface area contributed by atoms with Crippen LogP contribution in [0.5, 0.6) is 0 Å². The topological polar surface area (TPSA) is 81.0 Å². The molecule has 0 radical (unpaired) electrons. The van der Waals surface area contributed by atoms with Gasteiger partial charge in [-0.3, -0.25) is 0 Å². The molecule has 2 N–H and O–H groups in total. The van der Waals surface area contributed by atoms with Crippen molar-refractivity contribution in [3.8, 4) is 22.9 Å². The van der Waals surface area contributed by atoms with Crippen LogP contribution < -0.4 is 5.73 Å². The quantitative estimate of drug-likeness (QED) is 0.676. The number of nitrogens with zero attached hydrogens (tertiary/aromatic N) is 2. The Balaban J connectivity index is 2.35. The van der Waals surface area contributed by atoms with Crippen LogP contribution in [0.25, 0.3) is 16.8 Å². The Morgan fingerprint density at radius 1 is 1.14 bits per heavy atom. The number of rotatable bonds is 3. The van der Waals surface area contributed by atoms with Crippen molar-refractivity contribution < 1.29 is 9.53 Å². The second kappa shape index (κ2) is 7.24. The number of nitriles is 1. The van der Waals surface area contributed by atoms with Gasteiger partial charge in [0.1, 0.15) is 6.07 Å². The second-order valence-electron chi connectivity index (χ2n) is 7.63. The highest BCUT2D eigenvalue weighted by atomic mass is 16.5. The van der Waals surface area contributed by atoms with Crippen molar-refractivity contribution in [2.45, 2.75) is 26.2 Å². The van der Waals surface area contributed by atoms with E-state index in [1.54, 1.807) is 10.8 Å². The van der Waals surface area contributed by atoms with Crippen molar-refractivity contribution in [3.05, 3.63) is 71.5 Å². The van der Waals surface area contributed by atoms with E-state index < -0.39 is 5.97 Å². The van der Waals surface area contributed by atoms with Crippen molar-refractivity contribution in [2.75, 3.05) is 12.8 Å². The van der Waals surface area contributed by atoms with Crippen LogP contribution in [-0.4, -0.2) is 17.6 Å². The van der Waals surface area contributed by atoms with Crippen molar-refractivity contribution >= 4 is 11.7 Å². The van der Waals surface area contributed by atoms with Gasteiger partial charge in [0, 0.05) is 11.8 Å². The second-order valence-corrected chi connectivity index (χ2v) is 7.63. The van der Waals surface area contributed by atoms with Gasteiger partial charge in [-0.2, -0.15) is 5.26 Å². The van der Waals surface area contributed by atoms with E-state index in [1.165, 1.54) is 7.11 Å². The van der Waals surface area contributed by atoms with E-state index in [4.69, 9.17) is 10.5 Å². The predicted octanol–water partition coefficient (Wildman–Crippen LogP) is 4.68. The molecule has 0 saturated carbocycles. The lowest BCUT2D eigenvalue weighted by molar-refractivity contribution is 0.0593. The summed E-state index contributed by atoms with van der Waals surface area (Å²) in [6.07, 6.45) is 1.58. The standard InChI is InChI=1S/C23H23N3O2/c1-23(2,3)17-10-11-19(18(12-17)15-8-6-5-7-9-15)26-14-16(13-24)20(25)21(26)22(27)28-4/h5-12,14H,25H2,1-4H3. The molecule has 0 amide bonds. The molecule has 142 valence electrons. The Hall–Kier alpha value is -3.52. The molecular formula is C23H23N3O2. The number of carbonyl (C=O) groups excluding carboxylic acids is 1. The van der Waals surface area contributed by atoms with E-state index in [0.717, 1.165) is 22.4 Å². The Morgan fingerprint density at radius 2 is 1.82 bits per heavy atom. The first-order chi connectivity index (χ1) is 13.3. The van der Waals surface area contributed by atoms with Gasteiger partial charge in [0.05, 0.1) is 24.0 Å². The first-order valence-corrected chi connectivity index (χ1v) is 8.97. The number of nitrogens with two attached hydrogens (primary N) is 1.